The Kier molecular flexibility index (Phi) is 7.99. The average Bonchev–Trinajstić information content (AvgIpc) is 3.09. The number of nitrogens with one attached hydrogen (secondary N) is 1. The Morgan fingerprint density at radius 2 is 2.05 bits per heavy atom. The van der Waals surface area contributed by atoms with E-state index in [9.17, 15) is 23.6 Å². The third-order valence-electron chi connectivity index (χ3n) is 9.65. The number of amides is 1. The van der Waals surface area contributed by atoms with Gasteiger partial charge in [0.05, 0.1) is 36.1 Å². The van der Waals surface area contributed by atoms with Crippen LogP contribution in [0.3, 0.4) is 0 Å². The van der Waals surface area contributed by atoms with Gasteiger partial charge in [0.2, 0.25) is 10.0 Å². The van der Waals surface area contributed by atoms with Crippen molar-refractivity contribution in [2.75, 3.05) is 24.6 Å². The molecule has 1 spiro atoms. The summed E-state index contributed by atoms with van der Waals surface area (Å²) in [5.41, 5.74) is 3.14. The van der Waals surface area contributed by atoms with E-state index < -0.39 is 27.3 Å². The molecule has 8 nitrogen and oxygen atoms in total. The van der Waals surface area contributed by atoms with Crippen LogP contribution in [0.2, 0.25) is 5.02 Å². The summed E-state index contributed by atoms with van der Waals surface area (Å²) in [5.74, 6) is 0.252. The summed E-state index contributed by atoms with van der Waals surface area (Å²) in [5, 5.41) is 20.0. The zero-order chi connectivity index (χ0) is 29.5. The number of sulfonamides is 1. The molecule has 2 heterocycles. The van der Waals surface area contributed by atoms with Crippen LogP contribution in [0, 0.1) is 23.2 Å². The highest BCUT2D eigenvalue weighted by Gasteiger charge is 2.44. The molecule has 10 heteroatoms. The van der Waals surface area contributed by atoms with Crippen LogP contribution < -0.4 is 14.4 Å². The van der Waals surface area contributed by atoms with Gasteiger partial charge in [-0.3, -0.25) is 4.79 Å². The van der Waals surface area contributed by atoms with E-state index in [1.54, 1.807) is 30.4 Å². The molecule has 0 aromatic heterocycles. The zero-order valence-corrected chi connectivity index (χ0v) is 25.0. The predicted octanol–water partition coefficient (Wildman–Crippen LogP) is 4.89. The van der Waals surface area contributed by atoms with Gasteiger partial charge in [-0.1, -0.05) is 29.8 Å². The Labute approximate surface area is 252 Å². The molecule has 6 rings (SSSR count). The number of halogens is 1. The molecule has 2 N–H and O–H groups in total. The molecule has 2 aliphatic carbocycles. The second-order valence-corrected chi connectivity index (χ2v) is 14.6. The molecule has 2 aromatic carbocycles. The van der Waals surface area contributed by atoms with E-state index in [1.165, 1.54) is 11.1 Å². The van der Waals surface area contributed by atoms with Crippen molar-refractivity contribution in [3.05, 3.63) is 70.3 Å². The number of anilines is 1. The van der Waals surface area contributed by atoms with E-state index in [2.05, 4.69) is 21.8 Å². The number of aliphatic hydroxyl groups is 1. The zero-order valence-electron chi connectivity index (χ0n) is 23.5. The fraction of sp³-hybridized carbons (Fsp3) is 0.500. The molecule has 2 bridgehead atoms. The molecule has 1 saturated carbocycles. The number of allylic oxidation sites excluding steroid dienone is 1. The van der Waals surface area contributed by atoms with Gasteiger partial charge in [0.15, 0.2) is 0 Å². The maximum absolute atomic E-state index is 13.3. The molecule has 0 unspecified atom stereocenters. The monoisotopic (exact) mass is 609 g/mol. The van der Waals surface area contributed by atoms with E-state index >= 15 is 0 Å². The summed E-state index contributed by atoms with van der Waals surface area (Å²) in [6.07, 6.45) is 8.05. The Bertz CT molecular complexity index is 1550. The number of aryl methyl sites for hydroxylation is 1. The molecule has 2 aromatic rings. The first-order chi connectivity index (χ1) is 20.2. The van der Waals surface area contributed by atoms with Crippen molar-refractivity contribution in [1.29, 1.82) is 5.26 Å². The van der Waals surface area contributed by atoms with Gasteiger partial charge in [-0.25, -0.2) is 13.1 Å². The van der Waals surface area contributed by atoms with Crippen molar-refractivity contribution >= 4 is 33.2 Å². The molecular weight excluding hydrogens is 574 g/mol. The van der Waals surface area contributed by atoms with Gasteiger partial charge in [0.1, 0.15) is 5.75 Å². The van der Waals surface area contributed by atoms with Crippen LogP contribution in [-0.4, -0.2) is 50.5 Å². The third kappa shape index (κ3) is 5.52. The number of nitriles is 1. The maximum Gasteiger partial charge on any atom is 0.264 e. The third-order valence-corrected chi connectivity index (χ3v) is 11.6. The second kappa shape index (κ2) is 11.6. The Morgan fingerprint density at radius 3 is 2.83 bits per heavy atom. The molecule has 4 aliphatic rings. The standard InChI is InChI=1S/C32H36ClN3O5S/c33-24-9-11-27-21(16-24)4-3-14-32(27)19-36-18-23-7-10-26(23)29(37)6-2-1-5-25(13-15-34)42(39,40)35-31(38)22-8-12-30(41-20-32)28(36)17-22/h2,6,8-9,11-12,16-17,23,25-26,29,37H,1,3-5,7,10,13-14,18-20H2,(H,35,38)/b6-2+/t23-,25+,26+,29-,32-/m0/s1. The second-order valence-electron chi connectivity index (χ2n) is 12.2. The molecule has 1 fully saturated rings. The van der Waals surface area contributed by atoms with Gasteiger partial charge in [0, 0.05) is 29.1 Å². The highest BCUT2D eigenvalue weighted by molar-refractivity contribution is 7.90. The number of benzene rings is 2. The molecule has 42 heavy (non-hydrogen) atoms. The van der Waals surface area contributed by atoms with Crippen LogP contribution in [0.5, 0.6) is 5.75 Å². The molecule has 0 saturated heterocycles. The van der Waals surface area contributed by atoms with Gasteiger partial charge in [-0.05, 0) is 98.2 Å². The summed E-state index contributed by atoms with van der Waals surface area (Å²) in [6.45, 7) is 1.82. The fourth-order valence-electron chi connectivity index (χ4n) is 7.21. The first kappa shape index (κ1) is 29.0. The van der Waals surface area contributed by atoms with Crippen molar-refractivity contribution in [3.63, 3.8) is 0 Å². The van der Waals surface area contributed by atoms with E-state index in [4.69, 9.17) is 16.3 Å². The number of carbonyl (C=O) groups excluding carboxylic acids is 1. The quantitative estimate of drug-likeness (QED) is 0.442. The van der Waals surface area contributed by atoms with Crippen LogP contribution in [-0.2, 0) is 21.9 Å². The number of rotatable bonds is 1. The predicted molar refractivity (Wildman–Crippen MR) is 161 cm³/mol. The van der Waals surface area contributed by atoms with Crippen LogP contribution in [0.4, 0.5) is 5.69 Å². The van der Waals surface area contributed by atoms with Gasteiger partial charge in [0.25, 0.3) is 5.91 Å². The minimum absolute atomic E-state index is 0.0836. The highest BCUT2D eigenvalue weighted by atomic mass is 35.5. The first-order valence-corrected chi connectivity index (χ1v) is 16.7. The molecule has 1 amide bonds. The van der Waals surface area contributed by atoms with Crippen LogP contribution >= 0.6 is 11.6 Å². The van der Waals surface area contributed by atoms with Crippen molar-refractivity contribution in [2.24, 2.45) is 11.8 Å². The molecule has 222 valence electrons. The lowest BCUT2D eigenvalue weighted by molar-refractivity contribution is 0.0456. The summed E-state index contributed by atoms with van der Waals surface area (Å²) in [7, 11) is -4.11. The van der Waals surface area contributed by atoms with Crippen LogP contribution in [0.1, 0.15) is 66.4 Å². The Hall–Kier alpha value is -3.06. The molecular formula is C32H36ClN3O5S. The Balaban J connectivity index is 1.42. The number of hydrogen-bond donors (Lipinski definition) is 2. The summed E-state index contributed by atoms with van der Waals surface area (Å²) in [4.78, 5) is 15.6. The number of nitrogens with zero attached hydrogens (tertiary/aromatic N) is 2. The van der Waals surface area contributed by atoms with E-state index in [0.717, 1.165) is 42.8 Å². The van der Waals surface area contributed by atoms with Crippen molar-refractivity contribution in [2.45, 2.75) is 68.1 Å². The van der Waals surface area contributed by atoms with Crippen molar-refractivity contribution in [3.8, 4) is 11.8 Å². The minimum Gasteiger partial charge on any atom is -0.490 e. The molecule has 2 aliphatic heterocycles. The Morgan fingerprint density at radius 1 is 1.19 bits per heavy atom. The number of hydrogen-bond acceptors (Lipinski definition) is 7. The number of ether oxygens (including phenoxy) is 1. The largest absolute Gasteiger partial charge is 0.490 e. The SMILES string of the molecule is N#CC[C@H]1CC/C=C/[C@H](O)[C@@H]2CC[C@H]2CN2C[C@@]3(CCCc4cc(Cl)ccc43)COc3ccc(cc32)C(=O)NS1(=O)=O. The summed E-state index contributed by atoms with van der Waals surface area (Å²) in [6, 6.07) is 13.1. The number of carbonyl (C=O) groups is 1. The normalized spacial score (nSPS) is 31.3. The number of aliphatic hydroxyl groups excluding tert-OH is 1. The average molecular weight is 610 g/mol. The van der Waals surface area contributed by atoms with Crippen LogP contribution in [0.25, 0.3) is 0 Å². The lowest BCUT2D eigenvalue weighted by Gasteiger charge is -2.45. The summed E-state index contributed by atoms with van der Waals surface area (Å²) >= 11 is 6.37. The lowest BCUT2D eigenvalue weighted by Crippen LogP contribution is -2.49. The first-order valence-electron chi connectivity index (χ1n) is 14.8. The van der Waals surface area contributed by atoms with E-state index in [-0.39, 0.29) is 35.7 Å². The van der Waals surface area contributed by atoms with Gasteiger partial charge in [-0.2, -0.15) is 5.26 Å². The minimum atomic E-state index is -4.11. The highest BCUT2D eigenvalue weighted by Crippen LogP contribution is 2.46. The van der Waals surface area contributed by atoms with Crippen molar-refractivity contribution < 1.29 is 23.1 Å². The van der Waals surface area contributed by atoms with Gasteiger partial charge < -0.3 is 14.7 Å². The molecule has 0 radical (unpaired) electrons. The van der Waals surface area contributed by atoms with E-state index in [1.807, 2.05) is 12.1 Å². The van der Waals surface area contributed by atoms with Crippen LogP contribution in [0.15, 0.2) is 48.6 Å². The topological polar surface area (TPSA) is 120 Å². The van der Waals surface area contributed by atoms with Gasteiger partial charge >= 0.3 is 0 Å². The summed E-state index contributed by atoms with van der Waals surface area (Å²) < 4.78 is 35.0. The van der Waals surface area contributed by atoms with E-state index in [0.29, 0.717) is 31.9 Å². The molecule has 5 atom stereocenters. The smallest absolute Gasteiger partial charge is 0.264 e. The van der Waals surface area contributed by atoms with Gasteiger partial charge in [-0.15, -0.1) is 0 Å². The number of fused-ring (bicyclic) bond motifs is 4. The van der Waals surface area contributed by atoms with Crippen molar-refractivity contribution in [1.82, 2.24) is 4.72 Å². The lowest BCUT2D eigenvalue weighted by atomic mass is 9.68. The fourth-order valence-corrected chi connectivity index (χ4v) is 8.69. The maximum atomic E-state index is 13.3.